The number of nitrogens with one attached hydrogen (secondary N) is 1. The summed E-state index contributed by atoms with van der Waals surface area (Å²) < 4.78 is 0. The summed E-state index contributed by atoms with van der Waals surface area (Å²) in [5, 5.41) is 3.62. The lowest BCUT2D eigenvalue weighted by molar-refractivity contribution is 0.0946. The van der Waals surface area contributed by atoms with Crippen LogP contribution in [0, 0.1) is 6.92 Å². The van der Waals surface area contributed by atoms with Crippen LogP contribution in [0.15, 0.2) is 24.4 Å². The van der Waals surface area contributed by atoms with E-state index in [1.54, 1.807) is 35.7 Å². The van der Waals surface area contributed by atoms with Crippen LogP contribution < -0.4 is 11.1 Å². The van der Waals surface area contributed by atoms with Crippen LogP contribution in [-0.4, -0.2) is 15.9 Å². The van der Waals surface area contributed by atoms with Gasteiger partial charge in [-0.25, -0.2) is 9.97 Å². The molecule has 0 radical (unpaired) electrons. The second-order valence-corrected chi connectivity index (χ2v) is 4.81. The zero-order chi connectivity index (χ0) is 12.3. The summed E-state index contributed by atoms with van der Waals surface area (Å²) >= 11 is 1.56. The van der Waals surface area contributed by atoms with Crippen molar-refractivity contribution < 1.29 is 4.79 Å². The standard InChI is InChI=1S/C11H12N4OS/c1-7-5-13-10(17-7)6-14-11(16)8-3-2-4-9(12)15-8/h2-5H,6H2,1H3,(H2,12,15)(H,14,16). The molecule has 2 rings (SSSR count). The van der Waals surface area contributed by atoms with E-state index >= 15 is 0 Å². The van der Waals surface area contributed by atoms with Crippen molar-refractivity contribution in [3.8, 4) is 0 Å². The molecule has 0 saturated carbocycles. The first-order valence-corrected chi connectivity index (χ1v) is 5.89. The number of thiazole rings is 1. The van der Waals surface area contributed by atoms with Crippen molar-refractivity contribution in [2.45, 2.75) is 13.5 Å². The predicted molar refractivity (Wildman–Crippen MR) is 66.7 cm³/mol. The topological polar surface area (TPSA) is 80.9 Å². The minimum Gasteiger partial charge on any atom is -0.384 e. The van der Waals surface area contributed by atoms with E-state index in [1.165, 1.54) is 0 Å². The lowest BCUT2D eigenvalue weighted by Gasteiger charge is -2.02. The number of nitrogens with two attached hydrogens (primary N) is 1. The van der Waals surface area contributed by atoms with E-state index in [2.05, 4.69) is 15.3 Å². The molecule has 0 aliphatic rings. The number of nitrogens with zero attached hydrogens (tertiary/aromatic N) is 2. The Balaban J connectivity index is 1.98. The number of carbonyl (C=O) groups is 1. The second-order valence-electron chi connectivity index (χ2n) is 3.50. The van der Waals surface area contributed by atoms with Gasteiger partial charge in [-0.05, 0) is 19.1 Å². The maximum atomic E-state index is 11.7. The molecule has 5 nitrogen and oxygen atoms in total. The number of pyridine rings is 1. The number of hydrogen-bond donors (Lipinski definition) is 2. The minimum atomic E-state index is -0.245. The van der Waals surface area contributed by atoms with Gasteiger partial charge in [-0.3, -0.25) is 4.79 Å². The van der Waals surface area contributed by atoms with Gasteiger partial charge in [0.1, 0.15) is 16.5 Å². The number of rotatable bonds is 3. The van der Waals surface area contributed by atoms with Gasteiger partial charge in [-0.15, -0.1) is 11.3 Å². The van der Waals surface area contributed by atoms with Crippen LogP contribution in [0.3, 0.4) is 0 Å². The van der Waals surface area contributed by atoms with Crippen LogP contribution in [0.1, 0.15) is 20.4 Å². The van der Waals surface area contributed by atoms with Gasteiger partial charge in [-0.1, -0.05) is 6.07 Å². The van der Waals surface area contributed by atoms with Gasteiger partial charge in [0.15, 0.2) is 0 Å². The van der Waals surface area contributed by atoms with Crippen molar-refractivity contribution in [2.75, 3.05) is 5.73 Å². The summed E-state index contributed by atoms with van der Waals surface area (Å²) in [5.41, 5.74) is 5.82. The van der Waals surface area contributed by atoms with Gasteiger partial charge in [0.05, 0.1) is 6.54 Å². The SMILES string of the molecule is Cc1cnc(CNC(=O)c2cccc(N)n2)s1. The van der Waals surface area contributed by atoms with Crippen LogP contribution in [0.25, 0.3) is 0 Å². The summed E-state index contributed by atoms with van der Waals surface area (Å²) in [6.45, 7) is 2.39. The number of anilines is 1. The first-order valence-electron chi connectivity index (χ1n) is 5.07. The van der Waals surface area contributed by atoms with Crippen LogP contribution in [0.5, 0.6) is 0 Å². The van der Waals surface area contributed by atoms with Crippen LogP contribution >= 0.6 is 11.3 Å². The highest BCUT2D eigenvalue weighted by Gasteiger charge is 2.07. The Bertz CT molecular complexity index is 538. The Kier molecular flexibility index (Phi) is 3.34. The smallest absolute Gasteiger partial charge is 0.270 e. The third-order valence-electron chi connectivity index (χ3n) is 2.07. The number of amides is 1. The summed E-state index contributed by atoms with van der Waals surface area (Å²) in [6, 6.07) is 4.96. The monoisotopic (exact) mass is 248 g/mol. The molecular formula is C11H12N4OS. The molecule has 0 bridgehead atoms. The van der Waals surface area contributed by atoms with Crippen molar-refractivity contribution in [3.63, 3.8) is 0 Å². The van der Waals surface area contributed by atoms with E-state index in [4.69, 9.17) is 5.73 Å². The molecule has 0 unspecified atom stereocenters. The molecule has 88 valence electrons. The number of aryl methyl sites for hydroxylation is 1. The lowest BCUT2D eigenvalue weighted by atomic mass is 10.3. The van der Waals surface area contributed by atoms with Crippen molar-refractivity contribution in [3.05, 3.63) is 40.0 Å². The lowest BCUT2D eigenvalue weighted by Crippen LogP contribution is -2.23. The molecule has 6 heteroatoms. The molecule has 1 amide bonds. The number of carbonyl (C=O) groups excluding carboxylic acids is 1. The van der Waals surface area contributed by atoms with Crippen LogP contribution in [-0.2, 0) is 6.54 Å². The third-order valence-corrected chi connectivity index (χ3v) is 2.99. The number of nitrogen functional groups attached to an aromatic ring is 1. The Morgan fingerprint density at radius 1 is 1.53 bits per heavy atom. The Hall–Kier alpha value is -1.95. The van der Waals surface area contributed by atoms with E-state index in [-0.39, 0.29) is 5.91 Å². The van der Waals surface area contributed by atoms with Crippen molar-refractivity contribution in [1.29, 1.82) is 0 Å². The Labute approximate surface area is 103 Å². The summed E-state index contributed by atoms with van der Waals surface area (Å²) in [4.78, 5) is 20.9. The molecule has 17 heavy (non-hydrogen) atoms. The van der Waals surface area contributed by atoms with Crippen LogP contribution in [0.2, 0.25) is 0 Å². The highest BCUT2D eigenvalue weighted by molar-refractivity contribution is 7.11. The van der Waals surface area contributed by atoms with Gasteiger partial charge in [0.25, 0.3) is 5.91 Å². The largest absolute Gasteiger partial charge is 0.384 e. The van der Waals surface area contributed by atoms with Crippen molar-refractivity contribution >= 4 is 23.1 Å². The van der Waals surface area contributed by atoms with Crippen molar-refractivity contribution in [2.24, 2.45) is 0 Å². The van der Waals surface area contributed by atoms with Gasteiger partial charge in [-0.2, -0.15) is 0 Å². The number of hydrogen-bond acceptors (Lipinski definition) is 5. The third kappa shape index (κ3) is 3.01. The van der Waals surface area contributed by atoms with E-state index in [1.807, 2.05) is 6.92 Å². The van der Waals surface area contributed by atoms with Gasteiger partial charge >= 0.3 is 0 Å². The first kappa shape index (κ1) is 11.5. The highest BCUT2D eigenvalue weighted by Crippen LogP contribution is 2.10. The molecule has 0 aliphatic carbocycles. The molecule has 0 saturated heterocycles. The maximum Gasteiger partial charge on any atom is 0.270 e. The van der Waals surface area contributed by atoms with Crippen LogP contribution in [0.4, 0.5) is 5.82 Å². The molecule has 0 fully saturated rings. The highest BCUT2D eigenvalue weighted by atomic mass is 32.1. The second kappa shape index (κ2) is 4.92. The van der Waals surface area contributed by atoms with E-state index in [0.29, 0.717) is 18.1 Å². The van der Waals surface area contributed by atoms with Crippen molar-refractivity contribution in [1.82, 2.24) is 15.3 Å². The van der Waals surface area contributed by atoms with E-state index in [0.717, 1.165) is 9.88 Å². The van der Waals surface area contributed by atoms with Gasteiger partial charge in [0, 0.05) is 11.1 Å². The number of aromatic nitrogens is 2. The maximum absolute atomic E-state index is 11.7. The molecule has 0 atom stereocenters. The molecule has 2 aromatic rings. The van der Waals surface area contributed by atoms with E-state index < -0.39 is 0 Å². The molecule has 2 heterocycles. The minimum absolute atomic E-state index is 0.245. The summed E-state index contributed by atoms with van der Waals surface area (Å²) in [6.07, 6.45) is 1.78. The molecular weight excluding hydrogens is 236 g/mol. The average Bonchev–Trinajstić information content (AvgIpc) is 2.72. The van der Waals surface area contributed by atoms with Gasteiger partial charge in [0.2, 0.25) is 0 Å². The normalized spacial score (nSPS) is 10.2. The van der Waals surface area contributed by atoms with E-state index in [9.17, 15) is 4.79 Å². The zero-order valence-electron chi connectivity index (χ0n) is 9.30. The fourth-order valence-electron chi connectivity index (χ4n) is 1.31. The molecule has 2 aromatic heterocycles. The van der Waals surface area contributed by atoms with Gasteiger partial charge < -0.3 is 11.1 Å². The first-order chi connectivity index (χ1) is 8.15. The molecule has 3 N–H and O–H groups in total. The Morgan fingerprint density at radius 2 is 2.35 bits per heavy atom. The Morgan fingerprint density at radius 3 is 3.00 bits per heavy atom. The molecule has 0 spiro atoms. The fraction of sp³-hybridized carbons (Fsp3) is 0.182. The molecule has 0 aliphatic heterocycles. The fourth-order valence-corrected chi connectivity index (χ4v) is 2.03. The summed E-state index contributed by atoms with van der Waals surface area (Å²) in [5.74, 6) is 0.0906. The molecule has 0 aromatic carbocycles. The average molecular weight is 248 g/mol. The quantitative estimate of drug-likeness (QED) is 0.859. The zero-order valence-corrected chi connectivity index (χ0v) is 10.1. The summed E-state index contributed by atoms with van der Waals surface area (Å²) in [7, 11) is 0. The predicted octanol–water partition coefficient (Wildman–Crippen LogP) is 1.36.